The van der Waals surface area contributed by atoms with Gasteiger partial charge in [0.25, 0.3) is 0 Å². The van der Waals surface area contributed by atoms with Crippen molar-refractivity contribution in [3.63, 3.8) is 0 Å². The predicted octanol–water partition coefficient (Wildman–Crippen LogP) is 2.09. The number of amides is 1. The monoisotopic (exact) mass is 274 g/mol. The zero-order valence-electron chi connectivity index (χ0n) is 12.1. The molecule has 0 aliphatic rings. The van der Waals surface area contributed by atoms with Gasteiger partial charge in [0, 0.05) is 37.9 Å². The molecule has 2 aromatic rings. The number of carbonyl (C=O) groups is 1. The first-order chi connectivity index (χ1) is 9.66. The molecular weight excluding hydrogens is 252 g/mol. The molecule has 0 aliphatic heterocycles. The fourth-order valence-corrected chi connectivity index (χ4v) is 2.21. The van der Waals surface area contributed by atoms with Gasteiger partial charge in [-0.3, -0.25) is 4.79 Å². The van der Waals surface area contributed by atoms with Crippen LogP contribution in [0, 0.1) is 5.92 Å². The Morgan fingerprint density at radius 1 is 1.25 bits per heavy atom. The zero-order valence-corrected chi connectivity index (χ0v) is 12.1. The molecule has 5 nitrogen and oxygen atoms in total. The van der Waals surface area contributed by atoms with Gasteiger partial charge < -0.3 is 14.5 Å². The van der Waals surface area contributed by atoms with Gasteiger partial charge in [0.2, 0.25) is 5.91 Å². The van der Waals surface area contributed by atoms with Crippen LogP contribution >= 0.6 is 0 Å². The lowest BCUT2D eigenvalue weighted by molar-refractivity contribution is -0.124. The summed E-state index contributed by atoms with van der Waals surface area (Å²) in [4.78, 5) is 16.3. The molecule has 20 heavy (non-hydrogen) atoms. The maximum Gasteiger partial charge on any atom is 0.243 e. The van der Waals surface area contributed by atoms with E-state index in [4.69, 9.17) is 0 Å². The minimum absolute atomic E-state index is 0.0787. The summed E-state index contributed by atoms with van der Waals surface area (Å²) in [5, 5.41) is 3.01. The van der Waals surface area contributed by atoms with E-state index in [0.29, 0.717) is 12.5 Å². The van der Waals surface area contributed by atoms with Crippen LogP contribution in [0.1, 0.15) is 26.3 Å². The van der Waals surface area contributed by atoms with E-state index in [0.717, 1.165) is 13.0 Å². The van der Waals surface area contributed by atoms with Crippen LogP contribution in [-0.2, 0) is 11.3 Å². The summed E-state index contributed by atoms with van der Waals surface area (Å²) in [6.07, 6.45) is 10.1. The Hall–Kier alpha value is -2.04. The third kappa shape index (κ3) is 3.98. The standard InChI is InChI=1S/C15H22N4O/c1-13(2)11-14(19-7-3-4-8-19)15(20)17-6-10-18-9-5-16-12-18/h3-5,7-9,12-14H,6,10-11H2,1-2H3,(H,17,20). The lowest BCUT2D eigenvalue weighted by Crippen LogP contribution is -2.34. The molecule has 1 atom stereocenters. The Morgan fingerprint density at radius 3 is 2.60 bits per heavy atom. The van der Waals surface area contributed by atoms with E-state index in [1.54, 1.807) is 12.5 Å². The topological polar surface area (TPSA) is 51.9 Å². The minimum atomic E-state index is -0.132. The normalized spacial score (nSPS) is 12.6. The smallest absolute Gasteiger partial charge is 0.243 e. The predicted molar refractivity (Wildman–Crippen MR) is 78.2 cm³/mol. The summed E-state index contributed by atoms with van der Waals surface area (Å²) in [7, 11) is 0. The lowest BCUT2D eigenvalue weighted by Gasteiger charge is -2.20. The number of hydrogen-bond acceptors (Lipinski definition) is 2. The Bertz CT molecular complexity index is 502. The van der Waals surface area contributed by atoms with Crippen molar-refractivity contribution in [1.82, 2.24) is 19.4 Å². The first-order valence-corrected chi connectivity index (χ1v) is 7.02. The van der Waals surface area contributed by atoms with Gasteiger partial charge in [-0.2, -0.15) is 0 Å². The molecule has 108 valence electrons. The summed E-state index contributed by atoms with van der Waals surface area (Å²) < 4.78 is 3.93. The fraction of sp³-hybridized carbons (Fsp3) is 0.467. The van der Waals surface area contributed by atoms with Gasteiger partial charge in [-0.15, -0.1) is 0 Å². The Morgan fingerprint density at radius 2 is 2.00 bits per heavy atom. The van der Waals surface area contributed by atoms with Crippen molar-refractivity contribution in [3.05, 3.63) is 43.2 Å². The third-order valence-electron chi connectivity index (χ3n) is 3.21. The molecular formula is C15H22N4O. The molecule has 2 heterocycles. The molecule has 0 saturated heterocycles. The lowest BCUT2D eigenvalue weighted by atomic mass is 10.0. The van der Waals surface area contributed by atoms with Gasteiger partial charge in [-0.05, 0) is 24.5 Å². The molecule has 1 N–H and O–H groups in total. The number of rotatable bonds is 7. The van der Waals surface area contributed by atoms with Gasteiger partial charge in [0.15, 0.2) is 0 Å². The molecule has 0 aromatic carbocycles. The molecule has 0 aliphatic carbocycles. The summed E-state index contributed by atoms with van der Waals surface area (Å²) in [6.45, 7) is 5.63. The molecule has 0 radical (unpaired) electrons. The summed E-state index contributed by atoms with van der Waals surface area (Å²) in [5.74, 6) is 0.553. The van der Waals surface area contributed by atoms with Crippen LogP contribution in [0.25, 0.3) is 0 Å². The van der Waals surface area contributed by atoms with E-state index in [1.807, 2.05) is 39.9 Å². The van der Waals surface area contributed by atoms with Crippen molar-refractivity contribution in [2.75, 3.05) is 6.54 Å². The second kappa shape index (κ2) is 6.93. The largest absolute Gasteiger partial charge is 0.353 e. The van der Waals surface area contributed by atoms with Crippen LogP contribution < -0.4 is 5.32 Å². The molecule has 1 amide bonds. The highest BCUT2D eigenvalue weighted by molar-refractivity contribution is 5.80. The number of nitrogens with one attached hydrogen (secondary N) is 1. The van der Waals surface area contributed by atoms with Crippen molar-refractivity contribution in [3.8, 4) is 0 Å². The Balaban J connectivity index is 1.89. The van der Waals surface area contributed by atoms with E-state index < -0.39 is 0 Å². The van der Waals surface area contributed by atoms with Gasteiger partial charge in [0.1, 0.15) is 6.04 Å². The molecule has 5 heteroatoms. The van der Waals surface area contributed by atoms with E-state index in [2.05, 4.69) is 24.1 Å². The second-order valence-electron chi connectivity index (χ2n) is 5.37. The first kappa shape index (κ1) is 14.4. The van der Waals surface area contributed by atoms with Crippen LogP contribution in [0.3, 0.4) is 0 Å². The third-order valence-corrected chi connectivity index (χ3v) is 3.21. The highest BCUT2D eigenvalue weighted by Gasteiger charge is 2.20. The molecule has 2 rings (SSSR count). The number of carbonyl (C=O) groups excluding carboxylic acids is 1. The number of hydrogen-bond donors (Lipinski definition) is 1. The molecule has 0 spiro atoms. The number of nitrogens with zero attached hydrogens (tertiary/aromatic N) is 3. The van der Waals surface area contributed by atoms with E-state index in [9.17, 15) is 4.79 Å². The maximum atomic E-state index is 12.3. The van der Waals surface area contributed by atoms with Crippen molar-refractivity contribution in [1.29, 1.82) is 0 Å². The quantitative estimate of drug-likeness (QED) is 0.840. The first-order valence-electron chi connectivity index (χ1n) is 7.02. The van der Waals surface area contributed by atoms with E-state index in [-0.39, 0.29) is 11.9 Å². The maximum absolute atomic E-state index is 12.3. The Kier molecular flexibility index (Phi) is 4.98. The zero-order chi connectivity index (χ0) is 14.4. The SMILES string of the molecule is CC(C)CC(C(=O)NCCn1ccnc1)n1cccc1. The summed E-state index contributed by atoms with van der Waals surface area (Å²) >= 11 is 0. The molecule has 0 saturated carbocycles. The summed E-state index contributed by atoms with van der Waals surface area (Å²) in [6, 6.07) is 3.77. The summed E-state index contributed by atoms with van der Waals surface area (Å²) in [5.41, 5.74) is 0. The van der Waals surface area contributed by atoms with Gasteiger partial charge >= 0.3 is 0 Å². The average Bonchev–Trinajstić information content (AvgIpc) is 3.08. The van der Waals surface area contributed by atoms with Crippen molar-refractivity contribution >= 4 is 5.91 Å². The number of imidazole rings is 1. The number of aromatic nitrogens is 3. The van der Waals surface area contributed by atoms with Crippen molar-refractivity contribution in [2.24, 2.45) is 5.92 Å². The molecule has 2 aromatic heterocycles. The Labute approximate surface area is 119 Å². The van der Waals surface area contributed by atoms with Crippen LogP contribution in [0.15, 0.2) is 43.2 Å². The van der Waals surface area contributed by atoms with E-state index in [1.165, 1.54) is 0 Å². The van der Waals surface area contributed by atoms with Gasteiger partial charge in [-0.1, -0.05) is 13.8 Å². The van der Waals surface area contributed by atoms with Crippen molar-refractivity contribution in [2.45, 2.75) is 32.9 Å². The highest BCUT2D eigenvalue weighted by Crippen LogP contribution is 2.17. The minimum Gasteiger partial charge on any atom is -0.353 e. The van der Waals surface area contributed by atoms with Crippen molar-refractivity contribution < 1.29 is 4.79 Å². The molecule has 0 fully saturated rings. The van der Waals surface area contributed by atoms with E-state index >= 15 is 0 Å². The average molecular weight is 274 g/mol. The van der Waals surface area contributed by atoms with Crippen LogP contribution in [0.5, 0.6) is 0 Å². The van der Waals surface area contributed by atoms with Gasteiger partial charge in [0.05, 0.1) is 6.33 Å². The molecule has 1 unspecified atom stereocenters. The van der Waals surface area contributed by atoms with Crippen LogP contribution in [0.2, 0.25) is 0 Å². The highest BCUT2D eigenvalue weighted by atomic mass is 16.2. The van der Waals surface area contributed by atoms with Crippen LogP contribution in [0.4, 0.5) is 0 Å². The van der Waals surface area contributed by atoms with Gasteiger partial charge in [-0.25, -0.2) is 4.98 Å². The molecule has 0 bridgehead atoms. The second-order valence-corrected chi connectivity index (χ2v) is 5.37. The fourth-order valence-electron chi connectivity index (χ4n) is 2.21. The van der Waals surface area contributed by atoms with Crippen LogP contribution in [-0.4, -0.2) is 26.6 Å².